The maximum absolute atomic E-state index is 12.9. The van der Waals surface area contributed by atoms with E-state index < -0.39 is 11.9 Å². The minimum absolute atomic E-state index is 0.168. The number of benzene rings is 3. The average molecular weight is 689 g/mol. The summed E-state index contributed by atoms with van der Waals surface area (Å²) in [6, 6.07) is 18.2. The minimum atomic E-state index is -0.764. The van der Waals surface area contributed by atoms with E-state index in [4.69, 9.17) is 14.2 Å². The highest BCUT2D eigenvalue weighted by Crippen LogP contribution is 2.37. The normalized spacial score (nSPS) is 11.8. The third-order valence-electron chi connectivity index (χ3n) is 5.83. The predicted octanol–water partition coefficient (Wildman–Crippen LogP) is 6.56. The Morgan fingerprint density at radius 2 is 1.71 bits per heavy atom. The van der Waals surface area contributed by atoms with Gasteiger partial charge in [-0.05, 0) is 89.1 Å². The molecule has 2 N–H and O–H groups in total. The maximum atomic E-state index is 12.9. The van der Waals surface area contributed by atoms with Crippen LogP contribution in [0.25, 0.3) is 0 Å². The van der Waals surface area contributed by atoms with Crippen LogP contribution in [0.1, 0.15) is 43.9 Å². The molecule has 0 spiro atoms. The van der Waals surface area contributed by atoms with Gasteiger partial charge in [0.25, 0.3) is 11.8 Å². The molecule has 0 unspecified atom stereocenters. The van der Waals surface area contributed by atoms with Gasteiger partial charge < -0.3 is 19.5 Å². The molecule has 218 valence electrons. The van der Waals surface area contributed by atoms with Gasteiger partial charge in [0.15, 0.2) is 18.1 Å². The first-order valence-corrected chi connectivity index (χ1v) is 14.9. The molecule has 1 atom stereocenters. The van der Waals surface area contributed by atoms with Gasteiger partial charge in [0.2, 0.25) is 0 Å². The first kappa shape index (κ1) is 32.1. The van der Waals surface area contributed by atoms with Crippen LogP contribution in [-0.4, -0.2) is 37.3 Å². The van der Waals surface area contributed by atoms with Crippen molar-refractivity contribution >= 4 is 49.9 Å². The van der Waals surface area contributed by atoms with Crippen molar-refractivity contribution in [3.63, 3.8) is 0 Å². The van der Waals surface area contributed by atoms with Gasteiger partial charge in [0.05, 0.1) is 17.3 Å². The van der Waals surface area contributed by atoms with Crippen LogP contribution in [0, 0.1) is 12.8 Å². The second-order valence-corrected chi connectivity index (χ2v) is 11.5. The lowest BCUT2D eigenvalue weighted by Crippen LogP contribution is -2.47. The number of ether oxygens (including phenoxy) is 3. The molecule has 41 heavy (non-hydrogen) atoms. The Kier molecular flexibility index (Phi) is 12.7. The van der Waals surface area contributed by atoms with Gasteiger partial charge in [-0.2, -0.15) is 5.10 Å². The number of hydrogen-bond acceptors (Lipinski definition) is 6. The number of carbonyl (C=O) groups excluding carboxylic acids is 2. The van der Waals surface area contributed by atoms with Crippen molar-refractivity contribution in [2.45, 2.75) is 46.8 Å². The molecule has 3 aromatic rings. The number of amides is 2. The second-order valence-electron chi connectivity index (χ2n) is 9.72. The molecule has 8 nitrogen and oxygen atoms in total. The molecule has 3 rings (SSSR count). The van der Waals surface area contributed by atoms with Crippen LogP contribution in [0.2, 0.25) is 0 Å². The third-order valence-corrected chi connectivity index (χ3v) is 6.95. The number of halogens is 2. The zero-order valence-corrected chi connectivity index (χ0v) is 26.8. The van der Waals surface area contributed by atoms with Gasteiger partial charge in [-0.15, -0.1) is 0 Å². The largest absolute Gasteiger partial charge is 0.490 e. The lowest BCUT2D eigenvalue weighted by Gasteiger charge is -2.19. The zero-order chi connectivity index (χ0) is 29.8. The van der Waals surface area contributed by atoms with Crippen molar-refractivity contribution in [2.24, 2.45) is 11.0 Å². The standard InChI is InChI=1S/C31H35Br2N3O5/c1-5-39-28-16-23(15-25(33)30(28)41-18-22-10-12-24(32)13-11-22)17-34-36-31(38)26(14-20(2)3)35-29(37)19-40-27-9-7-6-8-21(27)4/h6-13,15-17,20,26H,5,14,18-19H2,1-4H3,(H,35,37)(H,36,38)/b34-17-/t26-/m0/s1. The molecule has 2 amide bonds. The summed E-state index contributed by atoms with van der Waals surface area (Å²) < 4.78 is 19.2. The second kappa shape index (κ2) is 16.2. The van der Waals surface area contributed by atoms with Crippen LogP contribution in [0.4, 0.5) is 0 Å². The molecule has 0 radical (unpaired) electrons. The van der Waals surface area contributed by atoms with Crippen LogP contribution in [0.15, 0.2) is 74.7 Å². The topological polar surface area (TPSA) is 98.2 Å². The van der Waals surface area contributed by atoms with Crippen molar-refractivity contribution < 1.29 is 23.8 Å². The van der Waals surface area contributed by atoms with Crippen LogP contribution >= 0.6 is 31.9 Å². The molecule has 0 aliphatic rings. The summed E-state index contributed by atoms with van der Waals surface area (Å²) in [5.74, 6) is 1.11. The summed E-state index contributed by atoms with van der Waals surface area (Å²) >= 11 is 7.00. The third kappa shape index (κ3) is 10.5. The Labute approximate surface area is 258 Å². The Morgan fingerprint density at radius 3 is 2.39 bits per heavy atom. The van der Waals surface area contributed by atoms with Gasteiger partial charge in [0.1, 0.15) is 18.4 Å². The van der Waals surface area contributed by atoms with Crippen molar-refractivity contribution in [2.75, 3.05) is 13.2 Å². The number of rotatable bonds is 14. The number of carbonyl (C=O) groups is 2. The molecule has 0 bridgehead atoms. The Bertz CT molecular complexity index is 1350. The fraction of sp³-hybridized carbons (Fsp3) is 0.323. The molecule has 0 saturated heterocycles. The summed E-state index contributed by atoms with van der Waals surface area (Å²) in [7, 11) is 0. The van der Waals surface area contributed by atoms with Crippen LogP contribution < -0.4 is 25.0 Å². The van der Waals surface area contributed by atoms with E-state index in [-0.39, 0.29) is 18.4 Å². The first-order valence-electron chi connectivity index (χ1n) is 13.3. The van der Waals surface area contributed by atoms with E-state index in [2.05, 4.69) is 47.7 Å². The van der Waals surface area contributed by atoms with E-state index in [9.17, 15) is 9.59 Å². The summed E-state index contributed by atoms with van der Waals surface area (Å²) in [4.78, 5) is 25.5. The van der Waals surface area contributed by atoms with Crippen molar-refractivity contribution in [1.82, 2.24) is 10.7 Å². The fourth-order valence-corrected chi connectivity index (χ4v) is 4.69. The Hall–Kier alpha value is -3.37. The highest BCUT2D eigenvalue weighted by atomic mass is 79.9. The highest BCUT2D eigenvalue weighted by Gasteiger charge is 2.22. The molecule has 0 aromatic heterocycles. The molecule has 3 aromatic carbocycles. The van der Waals surface area contributed by atoms with E-state index in [1.54, 1.807) is 12.1 Å². The Balaban J connectivity index is 1.63. The molecular formula is C31H35Br2N3O5. The lowest BCUT2D eigenvalue weighted by atomic mass is 10.0. The number of hydrazone groups is 1. The smallest absolute Gasteiger partial charge is 0.262 e. The Morgan fingerprint density at radius 1 is 0.976 bits per heavy atom. The van der Waals surface area contributed by atoms with Crippen LogP contribution in [0.5, 0.6) is 17.2 Å². The average Bonchev–Trinajstić information content (AvgIpc) is 2.92. The van der Waals surface area contributed by atoms with Gasteiger partial charge in [-0.3, -0.25) is 9.59 Å². The number of nitrogens with one attached hydrogen (secondary N) is 2. The zero-order valence-electron chi connectivity index (χ0n) is 23.6. The summed E-state index contributed by atoms with van der Waals surface area (Å²) in [6.07, 6.45) is 1.96. The molecular weight excluding hydrogens is 654 g/mol. The molecule has 0 saturated carbocycles. The quantitative estimate of drug-likeness (QED) is 0.148. The molecule has 0 aliphatic carbocycles. The van der Waals surface area contributed by atoms with E-state index in [1.165, 1.54) is 6.21 Å². The van der Waals surface area contributed by atoms with Crippen molar-refractivity contribution in [1.29, 1.82) is 0 Å². The number of aryl methyl sites for hydroxylation is 1. The highest BCUT2D eigenvalue weighted by molar-refractivity contribution is 9.10. The van der Waals surface area contributed by atoms with E-state index >= 15 is 0 Å². The van der Waals surface area contributed by atoms with Gasteiger partial charge in [0, 0.05) is 4.47 Å². The SMILES string of the molecule is CCOc1cc(/C=N\NC(=O)[C@H](CC(C)C)NC(=O)COc2ccccc2C)cc(Br)c1OCc1ccc(Br)cc1. The number of nitrogens with zero attached hydrogens (tertiary/aromatic N) is 1. The van der Waals surface area contributed by atoms with E-state index in [0.717, 1.165) is 15.6 Å². The molecule has 0 fully saturated rings. The number of hydrogen-bond donors (Lipinski definition) is 2. The van der Waals surface area contributed by atoms with Gasteiger partial charge >= 0.3 is 0 Å². The molecule has 0 heterocycles. The van der Waals surface area contributed by atoms with Gasteiger partial charge in [-0.1, -0.05) is 60.1 Å². The maximum Gasteiger partial charge on any atom is 0.262 e. The molecule has 10 heteroatoms. The number of para-hydroxylation sites is 1. The van der Waals surface area contributed by atoms with Crippen LogP contribution in [0.3, 0.4) is 0 Å². The molecule has 0 aliphatic heterocycles. The minimum Gasteiger partial charge on any atom is -0.490 e. The summed E-state index contributed by atoms with van der Waals surface area (Å²) in [5.41, 5.74) is 5.17. The lowest BCUT2D eigenvalue weighted by molar-refractivity contribution is -0.130. The van der Waals surface area contributed by atoms with Crippen molar-refractivity contribution in [3.05, 3.63) is 86.3 Å². The van der Waals surface area contributed by atoms with E-state index in [0.29, 0.717) is 46.9 Å². The van der Waals surface area contributed by atoms with Crippen molar-refractivity contribution in [3.8, 4) is 17.2 Å². The summed E-state index contributed by atoms with van der Waals surface area (Å²) in [5, 5.41) is 6.89. The first-order chi connectivity index (χ1) is 19.7. The summed E-state index contributed by atoms with van der Waals surface area (Å²) in [6.45, 7) is 8.38. The van der Waals surface area contributed by atoms with E-state index in [1.807, 2.05) is 76.2 Å². The van der Waals surface area contributed by atoms with Crippen LogP contribution in [-0.2, 0) is 16.2 Å². The fourth-order valence-electron chi connectivity index (χ4n) is 3.85. The van der Waals surface area contributed by atoms with Gasteiger partial charge in [-0.25, -0.2) is 5.43 Å². The monoisotopic (exact) mass is 687 g/mol. The predicted molar refractivity (Wildman–Crippen MR) is 168 cm³/mol.